The Morgan fingerprint density at radius 2 is 1.82 bits per heavy atom. The first-order valence-corrected chi connectivity index (χ1v) is 9.30. The number of nitrogens with one attached hydrogen (secondary N) is 1. The Morgan fingerprint density at radius 1 is 1.23 bits per heavy atom. The van der Waals surface area contributed by atoms with Gasteiger partial charge < -0.3 is 4.74 Å². The summed E-state index contributed by atoms with van der Waals surface area (Å²) in [5.74, 6) is 0.100. The maximum Gasteiger partial charge on any atom is 0.511 e. The molecule has 0 aromatic heterocycles. The van der Waals surface area contributed by atoms with Gasteiger partial charge in [-0.15, -0.1) is 0 Å². The molecule has 1 aromatic carbocycles. The van der Waals surface area contributed by atoms with Gasteiger partial charge >= 0.3 is 15.5 Å². The fraction of sp³-hybridized carbons (Fsp3) is 0.333. The van der Waals surface area contributed by atoms with E-state index in [1.807, 2.05) is 0 Å². The zero-order chi connectivity index (χ0) is 17.2. The van der Waals surface area contributed by atoms with Gasteiger partial charge in [-0.3, -0.25) is 4.55 Å². The van der Waals surface area contributed by atoms with Crippen molar-refractivity contribution >= 4 is 42.7 Å². The van der Waals surface area contributed by atoms with Gasteiger partial charge in [0.25, 0.3) is 10.1 Å². The monoisotopic (exact) mass is 475 g/mol. The maximum absolute atomic E-state index is 12.0. The second-order valence-corrected chi connectivity index (χ2v) is 8.07. The van der Waals surface area contributed by atoms with Crippen molar-refractivity contribution in [1.82, 2.24) is 4.72 Å². The first kappa shape index (κ1) is 19.4. The number of benzene rings is 1. The molecule has 126 valence electrons. The molecule has 7 nitrogen and oxygen atoms in total. The highest BCUT2D eigenvalue weighted by Gasteiger charge is 2.45. The van der Waals surface area contributed by atoms with Gasteiger partial charge in [-0.25, -0.2) is 13.1 Å². The van der Waals surface area contributed by atoms with Gasteiger partial charge in [0, 0.05) is 10.1 Å². The average molecular weight is 475 g/mol. The molecule has 0 bridgehead atoms. The predicted molar refractivity (Wildman–Crippen MR) is 77.4 cm³/mol. The van der Waals surface area contributed by atoms with Crippen LogP contribution in [0.25, 0.3) is 0 Å². The minimum absolute atomic E-state index is 0.100. The van der Waals surface area contributed by atoms with Gasteiger partial charge in [-0.2, -0.15) is 21.6 Å². The quantitative estimate of drug-likeness (QED) is 0.366. The van der Waals surface area contributed by atoms with E-state index in [1.165, 1.54) is 16.9 Å². The molecule has 13 heteroatoms. The van der Waals surface area contributed by atoms with Crippen molar-refractivity contribution in [3.05, 3.63) is 21.8 Å². The molecule has 0 aliphatic carbocycles. The normalized spacial score (nSPS) is 13.1. The molecule has 0 spiro atoms. The van der Waals surface area contributed by atoms with Crippen LogP contribution in [0, 0.1) is 3.57 Å². The number of halogens is 4. The highest BCUT2D eigenvalue weighted by Crippen LogP contribution is 2.23. The van der Waals surface area contributed by atoms with Crippen molar-refractivity contribution in [3.8, 4) is 5.75 Å². The van der Waals surface area contributed by atoms with E-state index in [0.29, 0.717) is 0 Å². The van der Waals surface area contributed by atoms with Crippen LogP contribution in [0.5, 0.6) is 5.75 Å². The lowest BCUT2D eigenvalue weighted by molar-refractivity contribution is -0.0448. The molecule has 0 heterocycles. The van der Waals surface area contributed by atoms with Crippen LogP contribution in [0.15, 0.2) is 23.1 Å². The van der Waals surface area contributed by atoms with Gasteiger partial charge in [0.2, 0.25) is 0 Å². The lowest BCUT2D eigenvalue weighted by atomic mass is 10.3. The van der Waals surface area contributed by atoms with Crippen LogP contribution in [0.1, 0.15) is 0 Å². The molecule has 0 amide bonds. The first-order chi connectivity index (χ1) is 9.84. The standard InChI is InChI=1S/C9H9F3INO6S2/c10-9(11,12)22(18,19)14-3-4-20-6-1-2-8(7(13)5-6)21(15,16)17/h1-2,5,14H,3-4H2,(H,15,16,17). The Labute approximate surface area is 137 Å². The Morgan fingerprint density at radius 3 is 2.27 bits per heavy atom. The number of sulfonamides is 1. The summed E-state index contributed by atoms with van der Waals surface area (Å²) in [5, 5.41) is 0. The molecular weight excluding hydrogens is 466 g/mol. The summed E-state index contributed by atoms with van der Waals surface area (Å²) in [5.41, 5.74) is -5.40. The number of hydrogen-bond donors (Lipinski definition) is 2. The predicted octanol–water partition coefficient (Wildman–Crippen LogP) is 1.36. The third kappa shape index (κ3) is 5.22. The topological polar surface area (TPSA) is 110 Å². The highest BCUT2D eigenvalue weighted by molar-refractivity contribution is 14.1. The molecule has 1 rings (SSSR count). The first-order valence-electron chi connectivity index (χ1n) is 5.30. The van der Waals surface area contributed by atoms with Gasteiger partial charge in [0.15, 0.2) is 0 Å². The fourth-order valence-corrected chi connectivity index (χ4v) is 3.59. The van der Waals surface area contributed by atoms with Gasteiger partial charge in [0.1, 0.15) is 17.3 Å². The third-order valence-corrected chi connectivity index (χ3v) is 5.51. The SMILES string of the molecule is O=S(=O)(O)c1ccc(OCCNS(=O)(=O)C(F)(F)F)cc1I. The van der Waals surface area contributed by atoms with E-state index in [2.05, 4.69) is 0 Å². The summed E-state index contributed by atoms with van der Waals surface area (Å²) in [7, 11) is -9.82. The molecule has 0 fully saturated rings. The van der Waals surface area contributed by atoms with Crippen LogP contribution in [-0.2, 0) is 20.1 Å². The summed E-state index contributed by atoms with van der Waals surface area (Å²) >= 11 is 1.62. The van der Waals surface area contributed by atoms with Crippen LogP contribution in [-0.4, -0.2) is 40.0 Å². The fourth-order valence-electron chi connectivity index (χ4n) is 1.21. The molecule has 22 heavy (non-hydrogen) atoms. The molecule has 0 aliphatic heterocycles. The van der Waals surface area contributed by atoms with E-state index in [9.17, 15) is 30.0 Å². The number of ether oxygens (including phenoxy) is 1. The van der Waals surface area contributed by atoms with E-state index < -0.39 is 38.8 Å². The number of rotatable bonds is 6. The van der Waals surface area contributed by atoms with E-state index in [-0.39, 0.29) is 14.2 Å². The van der Waals surface area contributed by atoms with Crippen LogP contribution < -0.4 is 9.46 Å². The van der Waals surface area contributed by atoms with Crippen molar-refractivity contribution < 1.29 is 39.3 Å². The zero-order valence-corrected chi connectivity index (χ0v) is 14.3. The Kier molecular flexibility index (Phi) is 6.05. The molecule has 0 saturated carbocycles. The summed E-state index contributed by atoms with van der Waals surface area (Å²) in [6.07, 6.45) is 0. The lowest BCUT2D eigenvalue weighted by Gasteiger charge is -2.11. The minimum Gasteiger partial charge on any atom is -0.492 e. The van der Waals surface area contributed by atoms with Crippen molar-refractivity contribution in [2.24, 2.45) is 0 Å². The van der Waals surface area contributed by atoms with E-state index in [0.717, 1.165) is 6.07 Å². The van der Waals surface area contributed by atoms with Crippen LogP contribution in [0.4, 0.5) is 13.2 Å². The molecule has 0 radical (unpaired) electrons. The summed E-state index contributed by atoms with van der Waals surface area (Å²) < 4.78 is 94.7. The van der Waals surface area contributed by atoms with Crippen molar-refractivity contribution in [1.29, 1.82) is 0 Å². The van der Waals surface area contributed by atoms with E-state index >= 15 is 0 Å². The molecule has 1 aromatic rings. The molecule has 0 atom stereocenters. The summed E-state index contributed by atoms with van der Waals surface area (Å²) in [6.45, 7) is -1.03. The van der Waals surface area contributed by atoms with E-state index in [1.54, 1.807) is 22.6 Å². The summed E-state index contributed by atoms with van der Waals surface area (Å²) in [6, 6.07) is 3.44. The van der Waals surface area contributed by atoms with Crippen molar-refractivity contribution in [2.75, 3.05) is 13.2 Å². The maximum atomic E-state index is 12.0. The average Bonchev–Trinajstić information content (AvgIpc) is 2.31. The second-order valence-electron chi connectivity index (χ2n) is 3.76. The van der Waals surface area contributed by atoms with E-state index in [4.69, 9.17) is 9.29 Å². The molecule has 0 aliphatic rings. The Hall–Kier alpha value is -0.640. The highest BCUT2D eigenvalue weighted by atomic mass is 127. The Balaban J connectivity index is 2.63. The van der Waals surface area contributed by atoms with Crippen molar-refractivity contribution in [2.45, 2.75) is 10.4 Å². The van der Waals surface area contributed by atoms with Crippen LogP contribution in [0.3, 0.4) is 0 Å². The van der Waals surface area contributed by atoms with Crippen LogP contribution >= 0.6 is 22.6 Å². The van der Waals surface area contributed by atoms with Gasteiger partial charge in [0.05, 0.1) is 0 Å². The molecule has 0 saturated heterocycles. The van der Waals surface area contributed by atoms with Gasteiger partial charge in [-0.1, -0.05) is 0 Å². The molecule has 2 N–H and O–H groups in total. The Bertz CT molecular complexity index is 747. The number of hydrogen-bond acceptors (Lipinski definition) is 5. The largest absolute Gasteiger partial charge is 0.511 e. The smallest absolute Gasteiger partial charge is 0.492 e. The lowest BCUT2D eigenvalue weighted by Crippen LogP contribution is -2.38. The zero-order valence-electron chi connectivity index (χ0n) is 10.5. The molecule has 0 unspecified atom stereocenters. The third-order valence-electron chi connectivity index (χ3n) is 2.15. The second kappa shape index (κ2) is 6.86. The summed E-state index contributed by atoms with van der Waals surface area (Å²) in [4.78, 5) is -0.349. The van der Waals surface area contributed by atoms with Gasteiger partial charge in [-0.05, 0) is 40.8 Å². The van der Waals surface area contributed by atoms with Crippen molar-refractivity contribution in [3.63, 3.8) is 0 Å². The molecular formula is C9H9F3INO6S2. The van der Waals surface area contributed by atoms with Crippen LogP contribution in [0.2, 0.25) is 0 Å². The number of alkyl halides is 3. The minimum atomic E-state index is -5.43.